The zero-order valence-electron chi connectivity index (χ0n) is 7.06. The molecule has 0 spiro atoms. The molecule has 2 heteroatoms. The third kappa shape index (κ3) is 2.61. The van der Waals surface area contributed by atoms with E-state index < -0.39 is 6.43 Å². The lowest BCUT2D eigenvalue weighted by Crippen LogP contribution is -1.96. The molecule has 0 N–H and O–H groups in total. The Kier molecular flexibility index (Phi) is 3.20. The van der Waals surface area contributed by atoms with Crippen molar-refractivity contribution >= 4 is 0 Å². The van der Waals surface area contributed by atoms with Gasteiger partial charge in [0.2, 0.25) is 6.43 Å². The van der Waals surface area contributed by atoms with E-state index in [9.17, 15) is 8.78 Å². The van der Waals surface area contributed by atoms with Gasteiger partial charge in [-0.05, 0) is 17.5 Å². The van der Waals surface area contributed by atoms with Gasteiger partial charge in [0.15, 0.2) is 0 Å². The molecule has 0 unspecified atom stereocenters. The van der Waals surface area contributed by atoms with Crippen LogP contribution in [0.3, 0.4) is 0 Å². The Morgan fingerprint density at radius 2 is 1.92 bits per heavy atom. The number of benzene rings is 1. The number of aryl methyl sites for hydroxylation is 1. The van der Waals surface area contributed by atoms with Gasteiger partial charge < -0.3 is 0 Å². The molecule has 0 saturated heterocycles. The van der Waals surface area contributed by atoms with Crippen molar-refractivity contribution in [3.63, 3.8) is 0 Å². The second-order valence-electron chi connectivity index (χ2n) is 2.77. The van der Waals surface area contributed by atoms with E-state index in [1.54, 1.807) is 6.07 Å². The molecule has 0 atom stereocenters. The summed E-state index contributed by atoms with van der Waals surface area (Å²) in [7, 11) is 0. The van der Waals surface area contributed by atoms with Crippen molar-refractivity contribution in [2.45, 2.75) is 26.2 Å². The van der Waals surface area contributed by atoms with Gasteiger partial charge in [-0.25, -0.2) is 8.78 Å². The maximum Gasteiger partial charge on any atom is 0.242 e. The number of hydrogen-bond donors (Lipinski definition) is 0. The van der Waals surface area contributed by atoms with E-state index in [1.165, 1.54) is 0 Å². The molecule has 1 aromatic rings. The second-order valence-corrected chi connectivity index (χ2v) is 2.77. The molecule has 0 saturated carbocycles. The number of rotatable bonds is 3. The Balaban J connectivity index is 2.72. The fraction of sp³-hybridized carbons (Fsp3) is 0.400. The van der Waals surface area contributed by atoms with E-state index in [2.05, 4.69) is 0 Å². The van der Waals surface area contributed by atoms with Gasteiger partial charge in [0.1, 0.15) is 0 Å². The molecule has 0 fully saturated rings. The first-order valence-electron chi connectivity index (χ1n) is 4.08. The lowest BCUT2D eigenvalue weighted by atomic mass is 10.1. The van der Waals surface area contributed by atoms with Gasteiger partial charge in [-0.3, -0.25) is 0 Å². The van der Waals surface area contributed by atoms with Gasteiger partial charge in [-0.15, -0.1) is 0 Å². The molecule has 0 amide bonds. The van der Waals surface area contributed by atoms with Crippen LogP contribution in [0, 0.1) is 0 Å². The van der Waals surface area contributed by atoms with E-state index in [0.717, 1.165) is 17.5 Å². The molecule has 1 rings (SSSR count). The summed E-state index contributed by atoms with van der Waals surface area (Å²) in [6, 6.07) is 7.36. The van der Waals surface area contributed by atoms with Crippen LogP contribution < -0.4 is 0 Å². The van der Waals surface area contributed by atoms with Crippen molar-refractivity contribution in [2.24, 2.45) is 0 Å². The van der Waals surface area contributed by atoms with Gasteiger partial charge in [-0.2, -0.15) is 0 Å². The lowest BCUT2D eigenvalue weighted by molar-refractivity contribution is 0.149. The summed E-state index contributed by atoms with van der Waals surface area (Å²) in [5.74, 6) is 0. The van der Waals surface area contributed by atoms with Crippen LogP contribution in [0.4, 0.5) is 8.78 Å². The van der Waals surface area contributed by atoms with Crippen LogP contribution >= 0.6 is 0 Å². The summed E-state index contributed by atoms with van der Waals surface area (Å²) < 4.78 is 23.9. The van der Waals surface area contributed by atoms with Gasteiger partial charge in [0, 0.05) is 6.42 Å². The highest BCUT2D eigenvalue weighted by atomic mass is 19.3. The Morgan fingerprint density at radius 1 is 1.25 bits per heavy atom. The summed E-state index contributed by atoms with van der Waals surface area (Å²) >= 11 is 0. The largest absolute Gasteiger partial charge is 0.242 e. The summed E-state index contributed by atoms with van der Waals surface area (Å²) in [5.41, 5.74) is 1.84. The molecule has 0 bridgehead atoms. The zero-order chi connectivity index (χ0) is 8.97. The van der Waals surface area contributed by atoms with Crippen molar-refractivity contribution in [1.82, 2.24) is 0 Å². The van der Waals surface area contributed by atoms with Crippen molar-refractivity contribution in [1.29, 1.82) is 0 Å². The minimum atomic E-state index is -2.24. The second kappa shape index (κ2) is 4.19. The minimum Gasteiger partial charge on any atom is -0.210 e. The highest BCUT2D eigenvalue weighted by molar-refractivity contribution is 5.23. The van der Waals surface area contributed by atoms with Crippen LogP contribution in [0.2, 0.25) is 0 Å². The predicted octanol–water partition coefficient (Wildman–Crippen LogP) is 3.06. The van der Waals surface area contributed by atoms with E-state index in [1.807, 2.05) is 25.1 Å². The molecule has 1 aromatic carbocycles. The van der Waals surface area contributed by atoms with Crippen LogP contribution in [-0.4, -0.2) is 6.43 Å². The van der Waals surface area contributed by atoms with Crippen molar-refractivity contribution in [2.75, 3.05) is 0 Å². The number of hydrogen-bond acceptors (Lipinski definition) is 0. The minimum absolute atomic E-state index is 0.131. The quantitative estimate of drug-likeness (QED) is 0.654. The van der Waals surface area contributed by atoms with Crippen molar-refractivity contribution in [3.8, 4) is 0 Å². The SMILES string of the molecule is CCc1cccc(CC(F)F)c1. The van der Waals surface area contributed by atoms with E-state index in [4.69, 9.17) is 0 Å². The Morgan fingerprint density at radius 3 is 2.50 bits per heavy atom. The van der Waals surface area contributed by atoms with Gasteiger partial charge in [-0.1, -0.05) is 31.2 Å². The molecule has 0 aromatic heterocycles. The van der Waals surface area contributed by atoms with Crippen molar-refractivity contribution in [3.05, 3.63) is 35.4 Å². The summed E-state index contributed by atoms with van der Waals surface area (Å²) in [6.45, 7) is 2.02. The molecule has 0 nitrogen and oxygen atoms in total. The number of halogens is 2. The first kappa shape index (κ1) is 9.17. The smallest absolute Gasteiger partial charge is 0.210 e. The molecule has 0 radical (unpaired) electrons. The maximum absolute atomic E-state index is 12.0. The Labute approximate surface area is 71.2 Å². The normalized spacial score (nSPS) is 10.7. The first-order chi connectivity index (χ1) is 5.72. The predicted molar refractivity (Wildman–Crippen MR) is 45.5 cm³/mol. The van der Waals surface area contributed by atoms with Crippen LogP contribution in [0.1, 0.15) is 18.1 Å². The fourth-order valence-corrected chi connectivity index (χ4v) is 1.15. The molecule has 0 aliphatic rings. The molecular weight excluding hydrogens is 158 g/mol. The molecule has 0 aliphatic heterocycles. The topological polar surface area (TPSA) is 0 Å². The summed E-state index contributed by atoms with van der Waals surface area (Å²) in [5, 5.41) is 0. The molecule has 0 aliphatic carbocycles. The van der Waals surface area contributed by atoms with Crippen molar-refractivity contribution < 1.29 is 8.78 Å². The Hall–Kier alpha value is -0.920. The third-order valence-electron chi connectivity index (χ3n) is 1.79. The first-order valence-corrected chi connectivity index (χ1v) is 4.08. The van der Waals surface area contributed by atoms with Gasteiger partial charge in [0.05, 0.1) is 0 Å². The third-order valence-corrected chi connectivity index (χ3v) is 1.79. The standard InChI is InChI=1S/C10H12F2/c1-2-8-4-3-5-9(6-8)7-10(11)12/h3-6,10H,2,7H2,1H3. The average molecular weight is 170 g/mol. The highest BCUT2D eigenvalue weighted by Gasteiger charge is 2.03. The maximum atomic E-state index is 12.0. The van der Waals surface area contributed by atoms with E-state index in [0.29, 0.717) is 0 Å². The van der Waals surface area contributed by atoms with Gasteiger partial charge in [0.25, 0.3) is 0 Å². The monoisotopic (exact) mass is 170 g/mol. The van der Waals surface area contributed by atoms with Crippen LogP contribution in [-0.2, 0) is 12.8 Å². The highest BCUT2D eigenvalue weighted by Crippen LogP contribution is 2.10. The van der Waals surface area contributed by atoms with E-state index >= 15 is 0 Å². The number of alkyl halides is 2. The average Bonchev–Trinajstić information content (AvgIpc) is 2.03. The molecular formula is C10H12F2. The van der Waals surface area contributed by atoms with Crippen LogP contribution in [0.5, 0.6) is 0 Å². The molecule has 12 heavy (non-hydrogen) atoms. The van der Waals surface area contributed by atoms with Crippen LogP contribution in [0.15, 0.2) is 24.3 Å². The lowest BCUT2D eigenvalue weighted by Gasteiger charge is -2.02. The summed E-state index contributed by atoms with van der Waals surface area (Å²) in [6.07, 6.45) is -1.47. The van der Waals surface area contributed by atoms with Crippen LogP contribution in [0.25, 0.3) is 0 Å². The van der Waals surface area contributed by atoms with Gasteiger partial charge >= 0.3 is 0 Å². The summed E-state index contributed by atoms with van der Waals surface area (Å²) in [4.78, 5) is 0. The molecule has 0 heterocycles. The van der Waals surface area contributed by atoms with E-state index in [-0.39, 0.29) is 6.42 Å². The fourth-order valence-electron chi connectivity index (χ4n) is 1.15. The Bertz CT molecular complexity index is 243. The molecule has 66 valence electrons. The zero-order valence-corrected chi connectivity index (χ0v) is 7.06.